The second-order valence-corrected chi connectivity index (χ2v) is 18.3. The number of rotatable bonds is 28. The van der Waals surface area contributed by atoms with Gasteiger partial charge in [0.25, 0.3) is 11.1 Å². The zero-order chi connectivity index (χ0) is 56.2. The van der Waals surface area contributed by atoms with Crippen LogP contribution in [-0.4, -0.2) is 159 Å². The van der Waals surface area contributed by atoms with Crippen LogP contribution in [-0.2, 0) is 57.9 Å². The molecule has 31 heteroatoms. The van der Waals surface area contributed by atoms with Gasteiger partial charge in [-0.3, -0.25) is 72.0 Å². The summed E-state index contributed by atoms with van der Waals surface area (Å²) in [4.78, 5) is 174. The summed E-state index contributed by atoms with van der Waals surface area (Å²) < 4.78 is 1.55. The van der Waals surface area contributed by atoms with E-state index in [1.807, 2.05) is 4.98 Å². The molecule has 0 radical (unpaired) electrons. The average Bonchev–Trinajstić information content (AvgIpc) is 3.87. The number of benzene rings is 1. The van der Waals surface area contributed by atoms with E-state index < -0.39 is 126 Å². The number of para-hydroxylation sites is 1. The summed E-state index contributed by atoms with van der Waals surface area (Å²) in [5.41, 5.74) is 23.7. The van der Waals surface area contributed by atoms with E-state index in [1.165, 1.54) is 36.6 Å². The van der Waals surface area contributed by atoms with E-state index in [9.17, 15) is 57.5 Å². The van der Waals surface area contributed by atoms with Crippen LogP contribution in [0.15, 0.2) is 83.2 Å². The number of thiophene rings is 1. The van der Waals surface area contributed by atoms with Crippen LogP contribution in [0, 0.1) is 0 Å². The largest absolute Gasteiger partial charge is 0.370 e. The van der Waals surface area contributed by atoms with Crippen molar-refractivity contribution >= 4 is 81.4 Å². The fourth-order valence-electron chi connectivity index (χ4n) is 7.49. The molecule has 17 N–H and O–H groups in total. The molecule has 8 amide bonds. The van der Waals surface area contributed by atoms with Gasteiger partial charge in [-0.05, 0) is 49.3 Å². The van der Waals surface area contributed by atoms with Crippen LogP contribution < -0.4 is 77.8 Å². The first-order chi connectivity index (χ1) is 35.9. The highest BCUT2D eigenvalue weighted by Gasteiger charge is 2.33. The van der Waals surface area contributed by atoms with Crippen molar-refractivity contribution in [2.45, 2.75) is 82.3 Å². The van der Waals surface area contributed by atoms with Crippen molar-refractivity contribution in [2.24, 2.45) is 38.7 Å². The summed E-state index contributed by atoms with van der Waals surface area (Å²) in [5.74, 6) is -7.51. The van der Waals surface area contributed by atoms with Gasteiger partial charge in [-0.1, -0.05) is 18.2 Å². The lowest BCUT2D eigenvalue weighted by molar-refractivity contribution is -0.141. The quantitative estimate of drug-likeness (QED) is 0.0143. The Kier molecular flexibility index (Phi) is 22.1. The molecule has 0 aliphatic heterocycles. The Morgan fingerprint density at radius 2 is 1.20 bits per heavy atom. The van der Waals surface area contributed by atoms with E-state index >= 15 is 0 Å². The number of guanidine groups is 2. The number of nitrogens with one attached hydrogen (secondary N) is 7. The number of carbonyl (C=O) groups excluding carboxylic acids is 8. The van der Waals surface area contributed by atoms with Gasteiger partial charge in [0, 0.05) is 57.7 Å². The van der Waals surface area contributed by atoms with E-state index in [4.69, 9.17) is 28.7 Å². The Bertz CT molecular complexity index is 3050. The van der Waals surface area contributed by atoms with Gasteiger partial charge in [0.1, 0.15) is 30.2 Å². The van der Waals surface area contributed by atoms with Crippen molar-refractivity contribution in [3.63, 3.8) is 0 Å². The predicted molar refractivity (Wildman–Crippen MR) is 278 cm³/mol. The zero-order valence-electron chi connectivity index (χ0n) is 41.7. The number of amides is 8. The SMILES string of the molecule is CC(=O)N[C@@H](CCCN=C(N)N)C(=O)N[C@@H](Cn1ccc(=O)[nH]c1=O)C(=O)N(C)CC(=O)N[C@@H](Cn1c(=O)[nH]c2ccccc2c1=O)C(=O)N(C)CC(=O)N[C@@H](Cc1cccs1)C(=O)N[C@@H](CCCN=C(N)N)C(N)=O. The minimum atomic E-state index is -1.80. The second-order valence-electron chi connectivity index (χ2n) is 17.2. The molecule has 4 aromatic rings. The fraction of sp³-hybridized carbons (Fsp3) is 0.422. The minimum Gasteiger partial charge on any atom is -0.370 e. The molecule has 4 rings (SSSR count). The third-order valence-corrected chi connectivity index (χ3v) is 12.1. The van der Waals surface area contributed by atoms with Crippen molar-refractivity contribution in [3.8, 4) is 0 Å². The third kappa shape index (κ3) is 18.4. The van der Waals surface area contributed by atoms with Crippen LogP contribution in [0.25, 0.3) is 10.9 Å². The van der Waals surface area contributed by atoms with Crippen LogP contribution in [0.2, 0.25) is 0 Å². The first kappa shape index (κ1) is 59.4. The van der Waals surface area contributed by atoms with Crippen molar-refractivity contribution in [1.29, 1.82) is 0 Å². The molecular formula is C45H62N18O12S. The monoisotopic (exact) mass is 1080 g/mol. The van der Waals surface area contributed by atoms with E-state index in [2.05, 4.69) is 41.6 Å². The fourth-order valence-corrected chi connectivity index (χ4v) is 8.24. The van der Waals surface area contributed by atoms with Crippen molar-refractivity contribution < 1.29 is 38.4 Å². The standard InChI is InChI=1S/C45H62N18O12S/c1-24(64)53-29(13-7-16-52-43(49)50)37(69)57-31(20-62-17-14-33(65)59-44(62)74)40(72)60(2)23-35(67)55-32(21-63-39(71)26-10-4-5-11-27(26)58-45(63)75)41(73)61(3)22-34(66)54-30(19-25-9-8-18-76-25)38(70)56-28(36(46)68)12-6-15-51-42(47)48/h4-5,8-11,14,17-18,28-32H,6-7,12-13,15-16,19-23H2,1-3H3,(H2,46,68)(H,53,64)(H,54,66)(H,55,67)(H,56,70)(H,57,69)(H,58,75)(H4,47,48,51)(H4,49,50,52)(H,59,65,74)/t28-,29-,30-,31-,32-/m0/s1. The number of aliphatic imine (C=N–C) groups is 2. The Hall–Kier alpha value is -9.16. The van der Waals surface area contributed by atoms with E-state index in [0.717, 1.165) is 40.6 Å². The van der Waals surface area contributed by atoms with E-state index in [0.29, 0.717) is 9.44 Å². The molecule has 5 atom stereocenters. The number of hydrogen-bond donors (Lipinski definition) is 12. The lowest BCUT2D eigenvalue weighted by Crippen LogP contribution is -2.58. The molecule has 3 heterocycles. The van der Waals surface area contributed by atoms with Gasteiger partial charge in [-0.25, -0.2) is 9.59 Å². The summed E-state index contributed by atoms with van der Waals surface area (Å²) in [6.07, 6.45) is 1.50. The normalized spacial score (nSPS) is 12.8. The molecule has 0 saturated heterocycles. The number of primary amides is 1. The topological polar surface area (TPSA) is 468 Å². The molecule has 410 valence electrons. The molecule has 0 aliphatic rings. The molecule has 0 saturated carbocycles. The summed E-state index contributed by atoms with van der Waals surface area (Å²) in [6, 6.07) is 3.21. The molecule has 3 aromatic heterocycles. The van der Waals surface area contributed by atoms with Gasteiger partial charge in [0.15, 0.2) is 11.9 Å². The number of H-pyrrole nitrogens is 2. The molecule has 1 aromatic carbocycles. The van der Waals surface area contributed by atoms with Gasteiger partial charge in [-0.2, -0.15) is 0 Å². The summed E-state index contributed by atoms with van der Waals surface area (Å²) >= 11 is 1.28. The zero-order valence-corrected chi connectivity index (χ0v) is 42.6. The molecular weight excluding hydrogens is 1020 g/mol. The summed E-state index contributed by atoms with van der Waals surface area (Å²) in [7, 11) is 2.31. The van der Waals surface area contributed by atoms with Crippen LogP contribution in [0.1, 0.15) is 37.5 Å². The molecule has 0 aliphatic carbocycles. The number of aromatic nitrogens is 4. The highest BCUT2D eigenvalue weighted by Crippen LogP contribution is 2.13. The Morgan fingerprint density at radius 1 is 0.645 bits per heavy atom. The molecule has 76 heavy (non-hydrogen) atoms. The number of fused-ring (bicyclic) bond motifs is 1. The van der Waals surface area contributed by atoms with Gasteiger partial charge in [-0.15, -0.1) is 11.3 Å². The Balaban J connectivity index is 1.60. The first-order valence-electron chi connectivity index (χ1n) is 23.3. The molecule has 0 spiro atoms. The number of nitrogens with two attached hydrogens (primary N) is 5. The van der Waals surface area contributed by atoms with E-state index in [1.54, 1.807) is 23.6 Å². The second kappa shape index (κ2) is 28.3. The Morgan fingerprint density at radius 3 is 1.75 bits per heavy atom. The molecule has 0 fully saturated rings. The number of nitrogens with zero attached hydrogens (tertiary/aromatic N) is 6. The molecule has 0 unspecified atom stereocenters. The van der Waals surface area contributed by atoms with Crippen LogP contribution in [0.4, 0.5) is 0 Å². The number of carbonyl (C=O) groups is 8. The molecule has 30 nitrogen and oxygen atoms in total. The van der Waals surface area contributed by atoms with Crippen LogP contribution >= 0.6 is 11.3 Å². The first-order valence-corrected chi connectivity index (χ1v) is 24.2. The lowest BCUT2D eigenvalue weighted by Gasteiger charge is -2.28. The number of likely N-dealkylation sites (N-methyl/N-ethyl adjacent to an activating group) is 2. The van der Waals surface area contributed by atoms with Crippen molar-refractivity contribution in [3.05, 3.63) is 101 Å². The van der Waals surface area contributed by atoms with Crippen LogP contribution in [0.3, 0.4) is 0 Å². The van der Waals surface area contributed by atoms with Gasteiger partial charge >= 0.3 is 11.4 Å². The van der Waals surface area contributed by atoms with Crippen molar-refractivity contribution in [1.82, 2.24) is 55.5 Å². The van der Waals surface area contributed by atoms with Gasteiger partial charge in [0.05, 0.1) is 37.1 Å². The van der Waals surface area contributed by atoms with Crippen molar-refractivity contribution in [2.75, 3.05) is 40.3 Å². The number of aromatic amines is 2. The predicted octanol–water partition coefficient (Wildman–Crippen LogP) is -6.50. The third-order valence-electron chi connectivity index (χ3n) is 11.2. The average molecular weight is 1080 g/mol. The minimum absolute atomic E-state index is 0.0132. The maximum atomic E-state index is 14.4. The highest BCUT2D eigenvalue weighted by molar-refractivity contribution is 7.09. The van der Waals surface area contributed by atoms with E-state index in [-0.39, 0.29) is 68.0 Å². The maximum absolute atomic E-state index is 14.4. The lowest BCUT2D eigenvalue weighted by atomic mass is 10.1. The summed E-state index contributed by atoms with van der Waals surface area (Å²) in [5, 5.41) is 14.3. The van der Waals surface area contributed by atoms with Gasteiger partial charge in [0.2, 0.25) is 47.3 Å². The highest BCUT2D eigenvalue weighted by atomic mass is 32.1. The Labute approximate surface area is 435 Å². The number of hydrogen-bond acceptors (Lipinski definition) is 15. The summed E-state index contributed by atoms with van der Waals surface area (Å²) in [6.45, 7) is -1.68. The van der Waals surface area contributed by atoms with Gasteiger partial charge < -0.3 is 70.0 Å². The van der Waals surface area contributed by atoms with Crippen LogP contribution in [0.5, 0.6) is 0 Å². The molecule has 0 bridgehead atoms. The maximum Gasteiger partial charge on any atom is 0.328 e. The smallest absolute Gasteiger partial charge is 0.328 e.